The maximum absolute atomic E-state index is 11.7. The maximum Gasteiger partial charge on any atom is 0.405 e. The molecule has 0 saturated carbocycles. The summed E-state index contributed by atoms with van der Waals surface area (Å²) in [6.07, 6.45) is -3.24. The SMILES string of the molecule is FC(F)(F)CNc1cnnc(Cl)n1. The van der Waals surface area contributed by atoms with Crippen molar-refractivity contribution in [1.82, 2.24) is 15.2 Å². The molecular weight excluding hydrogens is 209 g/mol. The molecule has 0 spiro atoms. The number of rotatable bonds is 2. The van der Waals surface area contributed by atoms with Gasteiger partial charge >= 0.3 is 6.18 Å². The van der Waals surface area contributed by atoms with Crippen LogP contribution in [0.1, 0.15) is 0 Å². The van der Waals surface area contributed by atoms with Gasteiger partial charge in [0.25, 0.3) is 0 Å². The van der Waals surface area contributed by atoms with Gasteiger partial charge in [0.15, 0.2) is 0 Å². The molecule has 8 heteroatoms. The van der Waals surface area contributed by atoms with Gasteiger partial charge in [-0.05, 0) is 11.6 Å². The van der Waals surface area contributed by atoms with E-state index in [1.54, 1.807) is 0 Å². The Labute approximate surface area is 76.1 Å². The van der Waals surface area contributed by atoms with Gasteiger partial charge in [-0.15, -0.1) is 5.10 Å². The largest absolute Gasteiger partial charge is 0.405 e. The van der Waals surface area contributed by atoms with Crippen molar-refractivity contribution in [1.29, 1.82) is 0 Å². The van der Waals surface area contributed by atoms with Gasteiger partial charge in [0.05, 0.1) is 6.20 Å². The minimum Gasteiger partial charge on any atom is -0.360 e. The number of nitrogens with zero attached hydrogens (tertiary/aromatic N) is 3. The fraction of sp³-hybridized carbons (Fsp3) is 0.400. The lowest BCUT2D eigenvalue weighted by atomic mass is 10.6. The predicted molar refractivity (Wildman–Crippen MR) is 39.4 cm³/mol. The molecule has 1 rings (SSSR count). The summed E-state index contributed by atoms with van der Waals surface area (Å²) in [6.45, 7) is -1.18. The molecule has 0 fully saturated rings. The number of aromatic nitrogens is 3. The summed E-state index contributed by atoms with van der Waals surface area (Å²) in [5, 5.41) is 8.38. The molecule has 1 aromatic rings. The fourth-order valence-corrected chi connectivity index (χ4v) is 0.692. The average molecular weight is 213 g/mol. The molecule has 0 unspecified atom stereocenters. The molecule has 0 aromatic carbocycles. The van der Waals surface area contributed by atoms with Crippen molar-refractivity contribution in [3.8, 4) is 0 Å². The average Bonchev–Trinajstić information content (AvgIpc) is 2.00. The van der Waals surface area contributed by atoms with Crippen molar-refractivity contribution in [3.05, 3.63) is 11.5 Å². The van der Waals surface area contributed by atoms with Crippen molar-refractivity contribution < 1.29 is 13.2 Å². The highest BCUT2D eigenvalue weighted by atomic mass is 35.5. The van der Waals surface area contributed by atoms with E-state index < -0.39 is 12.7 Å². The lowest BCUT2D eigenvalue weighted by molar-refractivity contribution is -0.115. The van der Waals surface area contributed by atoms with Crippen molar-refractivity contribution in [2.75, 3.05) is 11.9 Å². The quantitative estimate of drug-likeness (QED) is 0.807. The van der Waals surface area contributed by atoms with E-state index in [0.717, 1.165) is 6.20 Å². The topological polar surface area (TPSA) is 50.7 Å². The summed E-state index contributed by atoms with van der Waals surface area (Å²) in [5.41, 5.74) is 0. The summed E-state index contributed by atoms with van der Waals surface area (Å²) in [4.78, 5) is 3.46. The van der Waals surface area contributed by atoms with E-state index in [1.807, 2.05) is 5.32 Å². The Morgan fingerprint density at radius 3 is 2.69 bits per heavy atom. The summed E-state index contributed by atoms with van der Waals surface area (Å²) < 4.78 is 35.0. The van der Waals surface area contributed by atoms with Crippen molar-refractivity contribution in [2.24, 2.45) is 0 Å². The van der Waals surface area contributed by atoms with Gasteiger partial charge < -0.3 is 5.32 Å². The maximum atomic E-state index is 11.7. The molecule has 0 saturated heterocycles. The smallest absolute Gasteiger partial charge is 0.360 e. The number of halogens is 4. The van der Waals surface area contributed by atoms with Crippen molar-refractivity contribution in [2.45, 2.75) is 6.18 Å². The fourth-order valence-electron chi connectivity index (χ4n) is 0.558. The van der Waals surface area contributed by atoms with Crippen LogP contribution in [0.25, 0.3) is 0 Å². The van der Waals surface area contributed by atoms with Crippen molar-refractivity contribution >= 4 is 17.4 Å². The first-order valence-electron chi connectivity index (χ1n) is 3.13. The Morgan fingerprint density at radius 2 is 2.15 bits per heavy atom. The van der Waals surface area contributed by atoms with Gasteiger partial charge in [-0.1, -0.05) is 0 Å². The van der Waals surface area contributed by atoms with Crippen LogP contribution in [-0.4, -0.2) is 27.9 Å². The molecule has 72 valence electrons. The second-order valence-corrected chi connectivity index (χ2v) is 2.42. The van der Waals surface area contributed by atoms with Crippen LogP contribution in [0, 0.1) is 0 Å². The van der Waals surface area contributed by atoms with Crippen LogP contribution in [0.5, 0.6) is 0 Å². The summed E-state index contributed by atoms with van der Waals surface area (Å²) in [7, 11) is 0. The van der Waals surface area contributed by atoms with E-state index in [2.05, 4.69) is 15.2 Å². The third-order valence-corrected chi connectivity index (χ3v) is 1.16. The predicted octanol–water partition coefficient (Wildman–Crippen LogP) is 1.50. The highest BCUT2D eigenvalue weighted by Gasteiger charge is 2.26. The minimum absolute atomic E-state index is 0.0580. The van der Waals surface area contributed by atoms with Crippen LogP contribution < -0.4 is 5.32 Å². The number of nitrogens with one attached hydrogen (secondary N) is 1. The molecule has 0 radical (unpaired) electrons. The highest BCUT2D eigenvalue weighted by molar-refractivity contribution is 6.28. The molecule has 0 aliphatic rings. The normalized spacial score (nSPS) is 11.4. The Morgan fingerprint density at radius 1 is 1.46 bits per heavy atom. The molecule has 0 bridgehead atoms. The third-order valence-electron chi connectivity index (χ3n) is 1.00. The van der Waals surface area contributed by atoms with Gasteiger partial charge in [-0.25, -0.2) is 0 Å². The molecule has 1 aromatic heterocycles. The molecule has 4 nitrogen and oxygen atoms in total. The van der Waals surface area contributed by atoms with Gasteiger partial charge in [0.2, 0.25) is 5.28 Å². The second kappa shape index (κ2) is 3.73. The standard InChI is InChI=1S/C5H4ClF3N4/c6-4-12-3(1-11-13-4)10-2-5(7,8)9/h1H,2H2,(H,10,12,13). The second-order valence-electron chi connectivity index (χ2n) is 2.08. The third kappa shape index (κ3) is 3.88. The van der Waals surface area contributed by atoms with Crippen LogP contribution in [0.15, 0.2) is 6.20 Å². The minimum atomic E-state index is -4.29. The molecule has 13 heavy (non-hydrogen) atoms. The van der Waals surface area contributed by atoms with Gasteiger partial charge in [-0.2, -0.15) is 23.3 Å². The Kier molecular flexibility index (Phi) is 2.86. The van der Waals surface area contributed by atoms with E-state index in [1.165, 1.54) is 0 Å². The molecule has 0 aliphatic carbocycles. The van der Waals surface area contributed by atoms with Gasteiger partial charge in [0.1, 0.15) is 12.4 Å². The van der Waals surface area contributed by atoms with Gasteiger partial charge in [-0.3, -0.25) is 0 Å². The van der Waals surface area contributed by atoms with Crippen molar-refractivity contribution in [3.63, 3.8) is 0 Å². The highest BCUT2D eigenvalue weighted by Crippen LogP contribution is 2.15. The lowest BCUT2D eigenvalue weighted by Gasteiger charge is -2.07. The number of hydrogen-bond donors (Lipinski definition) is 1. The van der Waals surface area contributed by atoms with Crippen LogP contribution in [0.2, 0.25) is 5.28 Å². The van der Waals surface area contributed by atoms with Crippen LogP contribution >= 0.6 is 11.6 Å². The monoisotopic (exact) mass is 212 g/mol. The first-order chi connectivity index (χ1) is 5.97. The summed E-state index contributed by atoms with van der Waals surface area (Å²) in [6, 6.07) is 0. The Bertz CT molecular complexity index is 289. The molecule has 1 heterocycles. The van der Waals surface area contributed by atoms with Crippen LogP contribution in [-0.2, 0) is 0 Å². The van der Waals surface area contributed by atoms with E-state index in [9.17, 15) is 13.2 Å². The molecule has 0 amide bonds. The van der Waals surface area contributed by atoms with E-state index in [0.29, 0.717) is 0 Å². The number of hydrogen-bond acceptors (Lipinski definition) is 4. The summed E-state index contributed by atoms with van der Waals surface area (Å²) >= 11 is 5.29. The first-order valence-corrected chi connectivity index (χ1v) is 3.51. The zero-order chi connectivity index (χ0) is 9.90. The zero-order valence-corrected chi connectivity index (χ0v) is 6.89. The molecule has 0 aliphatic heterocycles. The van der Waals surface area contributed by atoms with E-state index in [4.69, 9.17) is 11.6 Å². The molecular formula is C5H4ClF3N4. The van der Waals surface area contributed by atoms with E-state index >= 15 is 0 Å². The number of alkyl halides is 3. The zero-order valence-electron chi connectivity index (χ0n) is 6.14. The summed E-state index contributed by atoms with van der Waals surface area (Å²) in [5.74, 6) is -0.0580. The molecule has 1 N–H and O–H groups in total. The lowest BCUT2D eigenvalue weighted by Crippen LogP contribution is -2.21. The van der Waals surface area contributed by atoms with E-state index in [-0.39, 0.29) is 11.1 Å². The molecule has 0 atom stereocenters. The Hall–Kier alpha value is -1.11. The first kappa shape index (κ1) is 9.97. The Balaban J connectivity index is 2.55. The van der Waals surface area contributed by atoms with Crippen LogP contribution in [0.3, 0.4) is 0 Å². The van der Waals surface area contributed by atoms with Gasteiger partial charge in [0, 0.05) is 0 Å². The van der Waals surface area contributed by atoms with Crippen LogP contribution in [0.4, 0.5) is 19.0 Å². The number of anilines is 1.